The van der Waals surface area contributed by atoms with Gasteiger partial charge in [0.1, 0.15) is 17.8 Å². The smallest absolute Gasteiger partial charge is 0.497 e. The fourth-order valence-corrected chi connectivity index (χ4v) is 5.72. The lowest BCUT2D eigenvalue weighted by molar-refractivity contribution is -0.274. The molecule has 1 N–H and O–H groups in total. The number of carbonyl (C=O) groups excluding carboxylic acids is 2. The quantitative estimate of drug-likeness (QED) is 0.213. The van der Waals surface area contributed by atoms with Crippen LogP contribution in [0.4, 0.5) is 23.7 Å². The maximum Gasteiger partial charge on any atom is 0.573 e. The number of carbonyl (C=O) groups is 2. The predicted octanol–water partition coefficient (Wildman–Crippen LogP) is 6.74. The van der Waals surface area contributed by atoms with Crippen LogP contribution in [0.25, 0.3) is 17.1 Å². The summed E-state index contributed by atoms with van der Waals surface area (Å²) >= 11 is 1.21. The molecule has 2 heterocycles. The highest BCUT2D eigenvalue weighted by Crippen LogP contribution is 2.36. The van der Waals surface area contributed by atoms with Crippen LogP contribution in [0.1, 0.15) is 37.8 Å². The number of aliphatic imine (C=N–C) groups is 1. The Hall–Kier alpha value is -4.85. The Kier molecular flexibility index (Phi) is 9.65. The summed E-state index contributed by atoms with van der Waals surface area (Å²) in [6.45, 7) is 5.93. The fraction of sp³-hybridized carbons (Fsp3) is 0.281. The molecule has 10 nitrogen and oxygen atoms in total. The van der Waals surface area contributed by atoms with Crippen LogP contribution in [-0.4, -0.2) is 57.1 Å². The van der Waals surface area contributed by atoms with Crippen molar-refractivity contribution in [2.75, 3.05) is 17.8 Å². The van der Waals surface area contributed by atoms with Crippen molar-refractivity contribution in [3.8, 4) is 28.6 Å². The van der Waals surface area contributed by atoms with Crippen molar-refractivity contribution in [2.24, 2.45) is 4.99 Å². The van der Waals surface area contributed by atoms with E-state index < -0.39 is 12.4 Å². The Morgan fingerprint density at radius 3 is 2.39 bits per heavy atom. The maximum atomic E-state index is 12.9. The summed E-state index contributed by atoms with van der Waals surface area (Å²) in [5.74, 6) is 0.864. The second-order valence-electron chi connectivity index (χ2n) is 10.8. The lowest BCUT2D eigenvalue weighted by Gasteiger charge is -2.22. The molecule has 0 aliphatic carbocycles. The molecule has 4 aromatic rings. The van der Waals surface area contributed by atoms with Gasteiger partial charge in [0.05, 0.1) is 24.2 Å². The summed E-state index contributed by atoms with van der Waals surface area (Å²) in [6, 6.07) is 17.5. The zero-order valence-electron chi connectivity index (χ0n) is 25.4. The average molecular weight is 653 g/mol. The van der Waals surface area contributed by atoms with Gasteiger partial charge in [-0.2, -0.15) is 4.99 Å². The normalized spacial score (nSPS) is 15.0. The molecule has 14 heteroatoms. The third-order valence-electron chi connectivity index (χ3n) is 7.01. The van der Waals surface area contributed by atoms with Crippen molar-refractivity contribution in [1.29, 1.82) is 0 Å². The zero-order valence-corrected chi connectivity index (χ0v) is 26.2. The first kappa shape index (κ1) is 32.5. The molecule has 0 radical (unpaired) electrons. The number of nitrogens with zero attached hydrogens (tertiary/aromatic N) is 5. The first-order valence-corrected chi connectivity index (χ1v) is 15.3. The number of nitrogens with one attached hydrogen (secondary N) is 1. The number of thioether (sulfide) groups is 1. The number of aromatic nitrogens is 3. The summed E-state index contributed by atoms with van der Waals surface area (Å²) in [7, 11) is 1.56. The number of benzene rings is 3. The molecule has 0 spiro atoms. The fourth-order valence-electron chi connectivity index (χ4n) is 4.86. The molecule has 3 aromatic carbocycles. The lowest BCUT2D eigenvalue weighted by Crippen LogP contribution is -2.35. The Labute approximate surface area is 267 Å². The van der Waals surface area contributed by atoms with Gasteiger partial charge in [-0.25, -0.2) is 14.5 Å². The SMILES string of the molecule is COc1ccc(C(C)C)c(N2C(=O)CS/C2=N/C(=O)NC(C)Cc2ccc(-c3ncn(-c4ccc(OC(F)(F)F)cc4)n3)cc2)c1. The maximum absolute atomic E-state index is 12.9. The Morgan fingerprint density at radius 1 is 1.04 bits per heavy atom. The van der Waals surface area contributed by atoms with Crippen molar-refractivity contribution in [2.45, 2.75) is 45.5 Å². The largest absolute Gasteiger partial charge is 0.573 e. The summed E-state index contributed by atoms with van der Waals surface area (Å²) < 4.78 is 48.0. The number of alkyl halides is 3. The topological polar surface area (TPSA) is 111 Å². The third-order valence-corrected chi connectivity index (χ3v) is 7.94. The van der Waals surface area contributed by atoms with Gasteiger partial charge in [0.2, 0.25) is 5.91 Å². The minimum absolute atomic E-state index is 0.134. The van der Waals surface area contributed by atoms with Crippen LogP contribution in [0.15, 0.2) is 78.0 Å². The van der Waals surface area contributed by atoms with Crippen molar-refractivity contribution in [3.63, 3.8) is 0 Å². The first-order valence-electron chi connectivity index (χ1n) is 14.3. The van der Waals surface area contributed by atoms with E-state index in [4.69, 9.17) is 4.74 Å². The van der Waals surface area contributed by atoms with Crippen LogP contribution in [0.3, 0.4) is 0 Å². The van der Waals surface area contributed by atoms with Gasteiger partial charge in [-0.3, -0.25) is 9.69 Å². The number of anilines is 1. The van der Waals surface area contributed by atoms with Gasteiger partial charge in [0.25, 0.3) is 0 Å². The highest BCUT2D eigenvalue weighted by molar-refractivity contribution is 8.15. The van der Waals surface area contributed by atoms with E-state index in [1.54, 1.807) is 13.2 Å². The van der Waals surface area contributed by atoms with Gasteiger partial charge in [0, 0.05) is 17.7 Å². The number of ether oxygens (including phenoxy) is 2. The molecule has 1 aromatic heterocycles. The van der Waals surface area contributed by atoms with Crippen molar-refractivity contribution in [1.82, 2.24) is 20.1 Å². The van der Waals surface area contributed by atoms with Crippen LogP contribution < -0.4 is 19.7 Å². The van der Waals surface area contributed by atoms with Crippen molar-refractivity contribution in [3.05, 3.63) is 84.2 Å². The van der Waals surface area contributed by atoms with E-state index in [1.165, 1.54) is 51.9 Å². The van der Waals surface area contributed by atoms with E-state index in [-0.39, 0.29) is 29.4 Å². The van der Waals surface area contributed by atoms with E-state index in [0.717, 1.165) is 16.7 Å². The molecule has 1 unspecified atom stereocenters. The summed E-state index contributed by atoms with van der Waals surface area (Å²) in [5.41, 5.74) is 3.80. The molecule has 1 saturated heterocycles. The molecule has 46 heavy (non-hydrogen) atoms. The first-order chi connectivity index (χ1) is 21.9. The molecular formula is C32H31F3N6O4S. The monoisotopic (exact) mass is 652 g/mol. The molecule has 240 valence electrons. The van der Waals surface area contributed by atoms with Gasteiger partial charge in [-0.05, 0) is 60.7 Å². The number of methoxy groups -OCH3 is 1. The molecular weight excluding hydrogens is 621 g/mol. The molecule has 5 rings (SSSR count). The number of amidine groups is 1. The molecule has 0 saturated carbocycles. The lowest BCUT2D eigenvalue weighted by atomic mass is 10.00. The Balaban J connectivity index is 1.21. The van der Waals surface area contributed by atoms with Crippen molar-refractivity contribution >= 4 is 34.6 Å². The van der Waals surface area contributed by atoms with Crippen LogP contribution in [0.5, 0.6) is 11.5 Å². The van der Waals surface area contributed by atoms with E-state index in [2.05, 4.69) is 25.1 Å². The number of halogens is 3. The second-order valence-corrected chi connectivity index (χ2v) is 11.7. The second kappa shape index (κ2) is 13.6. The number of amides is 3. The minimum atomic E-state index is -4.76. The molecule has 1 fully saturated rings. The van der Waals surface area contributed by atoms with E-state index in [9.17, 15) is 22.8 Å². The molecule has 0 bridgehead atoms. The summed E-state index contributed by atoms with van der Waals surface area (Å²) in [6.07, 6.45) is -2.77. The highest BCUT2D eigenvalue weighted by atomic mass is 32.2. The summed E-state index contributed by atoms with van der Waals surface area (Å²) in [4.78, 5) is 35.8. The summed E-state index contributed by atoms with van der Waals surface area (Å²) in [5, 5.41) is 7.62. The molecule has 1 aliphatic heterocycles. The Morgan fingerprint density at radius 2 is 1.74 bits per heavy atom. The zero-order chi connectivity index (χ0) is 33.0. The van der Waals surface area contributed by atoms with Gasteiger partial charge >= 0.3 is 12.4 Å². The van der Waals surface area contributed by atoms with Crippen molar-refractivity contribution < 1.29 is 32.2 Å². The molecule has 1 aliphatic rings. The average Bonchev–Trinajstić information content (AvgIpc) is 3.63. The van der Waals surface area contributed by atoms with Gasteiger partial charge < -0.3 is 14.8 Å². The number of urea groups is 1. The van der Waals surface area contributed by atoms with Gasteiger partial charge in [0.15, 0.2) is 11.0 Å². The number of rotatable bonds is 9. The van der Waals surface area contributed by atoms with E-state index in [0.29, 0.717) is 34.5 Å². The van der Waals surface area contributed by atoms with Gasteiger partial charge in [-0.15, -0.1) is 18.3 Å². The van der Waals surface area contributed by atoms with Crippen LogP contribution in [0, 0.1) is 0 Å². The van der Waals surface area contributed by atoms with Gasteiger partial charge in [-0.1, -0.05) is 55.9 Å². The highest BCUT2D eigenvalue weighted by Gasteiger charge is 2.33. The molecule has 3 amide bonds. The number of hydrogen-bond acceptors (Lipinski definition) is 7. The molecule has 1 atom stereocenters. The minimum Gasteiger partial charge on any atom is -0.497 e. The van der Waals surface area contributed by atoms with Crippen LogP contribution in [0.2, 0.25) is 0 Å². The standard InChI is InChI=1S/C32H31F3N6O4S/c1-19(2)26-14-13-25(44-4)16-27(26)41-28(42)17-46-31(41)38-30(43)37-20(3)15-21-5-7-22(8-6-21)29-36-18-40(39-29)23-9-11-24(12-10-23)45-32(33,34)35/h5-14,16,18-20H,15,17H2,1-4H3,(H,37,43)/b38-31+. The predicted molar refractivity (Wildman–Crippen MR) is 170 cm³/mol. The number of hydrogen-bond donors (Lipinski definition) is 1. The third kappa shape index (κ3) is 7.86. The van der Waals surface area contributed by atoms with Crippen LogP contribution in [-0.2, 0) is 11.2 Å². The van der Waals surface area contributed by atoms with E-state index >= 15 is 0 Å². The Bertz CT molecular complexity index is 1740. The van der Waals surface area contributed by atoms with Crippen LogP contribution >= 0.6 is 11.8 Å². The van der Waals surface area contributed by atoms with E-state index in [1.807, 2.05) is 57.2 Å².